The first-order valence-corrected chi connectivity index (χ1v) is 8.94. The van der Waals surface area contributed by atoms with Gasteiger partial charge in [0.25, 0.3) is 0 Å². The van der Waals surface area contributed by atoms with Gasteiger partial charge in [0.15, 0.2) is 0 Å². The van der Waals surface area contributed by atoms with Crippen molar-refractivity contribution in [1.29, 1.82) is 0 Å². The average Bonchev–Trinajstić information content (AvgIpc) is 2.35. The number of benzene rings is 1. The third-order valence-corrected chi connectivity index (χ3v) is 4.34. The highest BCUT2D eigenvalue weighted by Crippen LogP contribution is 2.17. The van der Waals surface area contributed by atoms with Gasteiger partial charge < -0.3 is 5.32 Å². The smallest absolute Gasteiger partial charge is 0.00966 e. The highest BCUT2D eigenvalue weighted by molar-refractivity contribution is 7.99. The van der Waals surface area contributed by atoms with Crippen molar-refractivity contribution >= 4 is 11.8 Å². The van der Waals surface area contributed by atoms with Crippen molar-refractivity contribution in [2.75, 3.05) is 18.1 Å². The van der Waals surface area contributed by atoms with Crippen LogP contribution in [0.5, 0.6) is 0 Å². The molecule has 0 fully saturated rings. The number of nitrogens with one attached hydrogen (secondary N) is 1. The molecule has 0 bridgehead atoms. The molecule has 1 nitrogen and oxygen atoms in total. The Kier molecular flexibility index (Phi) is 7.68. The second kappa shape index (κ2) is 8.74. The summed E-state index contributed by atoms with van der Waals surface area (Å²) in [5.74, 6) is 3.23. The van der Waals surface area contributed by atoms with E-state index in [1.54, 1.807) is 0 Å². The van der Waals surface area contributed by atoms with E-state index in [0.717, 1.165) is 12.5 Å². The van der Waals surface area contributed by atoms with Gasteiger partial charge >= 0.3 is 0 Å². The Morgan fingerprint density at radius 2 is 2.00 bits per heavy atom. The zero-order valence-electron chi connectivity index (χ0n) is 13.8. The Labute approximate surface area is 129 Å². The van der Waals surface area contributed by atoms with Crippen LogP contribution >= 0.6 is 11.8 Å². The maximum absolute atomic E-state index is 3.67. The third kappa shape index (κ3) is 7.96. The predicted octanol–water partition coefficient (Wildman–Crippen LogP) is 4.69. The molecule has 20 heavy (non-hydrogen) atoms. The molecular weight excluding hydrogens is 262 g/mol. The van der Waals surface area contributed by atoms with Crippen LogP contribution in [0.25, 0.3) is 0 Å². The van der Waals surface area contributed by atoms with Crippen LogP contribution < -0.4 is 5.32 Å². The van der Waals surface area contributed by atoms with E-state index in [4.69, 9.17) is 0 Å². The van der Waals surface area contributed by atoms with Crippen LogP contribution in [-0.2, 0) is 6.42 Å². The van der Waals surface area contributed by atoms with Crippen LogP contribution in [-0.4, -0.2) is 23.6 Å². The van der Waals surface area contributed by atoms with E-state index in [-0.39, 0.29) is 5.54 Å². The first kappa shape index (κ1) is 17.6. The lowest BCUT2D eigenvalue weighted by Crippen LogP contribution is -2.39. The van der Waals surface area contributed by atoms with E-state index >= 15 is 0 Å². The maximum atomic E-state index is 3.67. The van der Waals surface area contributed by atoms with E-state index in [1.165, 1.54) is 35.5 Å². The van der Waals surface area contributed by atoms with Gasteiger partial charge in [-0.15, -0.1) is 0 Å². The molecule has 1 aromatic carbocycles. The van der Waals surface area contributed by atoms with E-state index < -0.39 is 0 Å². The fourth-order valence-electron chi connectivity index (χ4n) is 2.29. The van der Waals surface area contributed by atoms with Crippen molar-refractivity contribution in [3.63, 3.8) is 0 Å². The number of rotatable bonds is 8. The summed E-state index contributed by atoms with van der Waals surface area (Å²) >= 11 is 2.06. The Balaban J connectivity index is 2.56. The second-order valence-electron chi connectivity index (χ2n) is 6.68. The van der Waals surface area contributed by atoms with E-state index in [0.29, 0.717) is 0 Å². The third-order valence-electron chi connectivity index (χ3n) is 3.40. The minimum Gasteiger partial charge on any atom is -0.312 e. The van der Waals surface area contributed by atoms with E-state index in [2.05, 4.69) is 76.0 Å². The number of thioether (sulfide) groups is 1. The molecule has 0 saturated heterocycles. The first-order chi connectivity index (χ1) is 9.40. The summed E-state index contributed by atoms with van der Waals surface area (Å²) in [5.41, 5.74) is 3.06. The Morgan fingerprint density at radius 3 is 2.60 bits per heavy atom. The van der Waals surface area contributed by atoms with Gasteiger partial charge in [-0.2, -0.15) is 11.8 Å². The minimum absolute atomic E-state index is 0.211. The van der Waals surface area contributed by atoms with Crippen molar-refractivity contribution in [3.8, 4) is 0 Å². The quantitative estimate of drug-likeness (QED) is 0.698. The van der Waals surface area contributed by atoms with Crippen LogP contribution in [0.1, 0.15) is 45.2 Å². The predicted molar refractivity (Wildman–Crippen MR) is 93.7 cm³/mol. The van der Waals surface area contributed by atoms with Crippen molar-refractivity contribution in [2.24, 2.45) is 5.92 Å². The molecule has 1 atom stereocenters. The van der Waals surface area contributed by atoms with Crippen molar-refractivity contribution in [2.45, 2.75) is 53.0 Å². The van der Waals surface area contributed by atoms with Gasteiger partial charge in [0, 0.05) is 5.54 Å². The molecule has 1 unspecified atom stereocenters. The van der Waals surface area contributed by atoms with Gasteiger partial charge in [-0.25, -0.2) is 0 Å². The summed E-state index contributed by atoms with van der Waals surface area (Å²) in [5, 5.41) is 3.67. The lowest BCUT2D eigenvalue weighted by Gasteiger charge is -2.25. The van der Waals surface area contributed by atoms with Crippen molar-refractivity contribution < 1.29 is 0 Å². The highest BCUT2D eigenvalue weighted by Gasteiger charge is 2.14. The first-order valence-electron chi connectivity index (χ1n) is 7.79. The SMILES string of the molecule is CCSCCC(CNC(C)(C)C)Cc1cccc(C)c1. The van der Waals surface area contributed by atoms with Crippen molar-refractivity contribution in [3.05, 3.63) is 35.4 Å². The molecule has 0 aliphatic rings. The average molecular weight is 294 g/mol. The fraction of sp³-hybridized carbons (Fsp3) is 0.667. The van der Waals surface area contributed by atoms with Crippen LogP contribution in [0.3, 0.4) is 0 Å². The Hall–Kier alpha value is -0.470. The largest absolute Gasteiger partial charge is 0.312 e. The van der Waals surface area contributed by atoms with Gasteiger partial charge in [0.1, 0.15) is 0 Å². The van der Waals surface area contributed by atoms with Gasteiger partial charge in [-0.1, -0.05) is 36.8 Å². The molecule has 2 heteroatoms. The zero-order chi connectivity index (χ0) is 15.0. The molecule has 0 aromatic heterocycles. The molecule has 114 valence electrons. The molecule has 1 aromatic rings. The number of aryl methyl sites for hydroxylation is 1. The van der Waals surface area contributed by atoms with Gasteiger partial charge in [-0.05, 0) is 70.1 Å². The van der Waals surface area contributed by atoms with Crippen LogP contribution in [0, 0.1) is 12.8 Å². The molecule has 0 spiro atoms. The topological polar surface area (TPSA) is 12.0 Å². The molecule has 0 heterocycles. The molecule has 0 aliphatic carbocycles. The van der Waals surface area contributed by atoms with Crippen LogP contribution in [0.4, 0.5) is 0 Å². The van der Waals surface area contributed by atoms with E-state index in [1.807, 2.05) is 0 Å². The summed E-state index contributed by atoms with van der Waals surface area (Å²) in [6, 6.07) is 8.96. The standard InChI is InChI=1S/C18H31NS/c1-6-20-11-10-17(14-19-18(3,4)5)13-16-9-7-8-15(2)12-16/h7-9,12,17,19H,6,10-11,13-14H2,1-5H3. The number of hydrogen-bond donors (Lipinski definition) is 1. The molecule has 0 saturated carbocycles. The lowest BCUT2D eigenvalue weighted by molar-refractivity contribution is 0.364. The molecular formula is C18H31NS. The van der Waals surface area contributed by atoms with Gasteiger partial charge in [-0.3, -0.25) is 0 Å². The zero-order valence-corrected chi connectivity index (χ0v) is 14.6. The van der Waals surface area contributed by atoms with Crippen LogP contribution in [0.15, 0.2) is 24.3 Å². The lowest BCUT2D eigenvalue weighted by atomic mass is 9.95. The van der Waals surface area contributed by atoms with Crippen molar-refractivity contribution in [1.82, 2.24) is 5.32 Å². The summed E-state index contributed by atoms with van der Waals surface area (Å²) in [6.07, 6.45) is 2.49. The summed E-state index contributed by atoms with van der Waals surface area (Å²) in [4.78, 5) is 0. The molecule has 0 aliphatic heterocycles. The van der Waals surface area contributed by atoms with Gasteiger partial charge in [0.05, 0.1) is 0 Å². The molecule has 0 radical (unpaired) electrons. The number of hydrogen-bond acceptors (Lipinski definition) is 2. The second-order valence-corrected chi connectivity index (χ2v) is 8.07. The minimum atomic E-state index is 0.211. The van der Waals surface area contributed by atoms with Gasteiger partial charge in [0.2, 0.25) is 0 Å². The highest BCUT2D eigenvalue weighted by atomic mass is 32.2. The normalized spacial score (nSPS) is 13.4. The Bertz CT molecular complexity index is 381. The van der Waals surface area contributed by atoms with Crippen LogP contribution in [0.2, 0.25) is 0 Å². The monoisotopic (exact) mass is 293 g/mol. The van der Waals surface area contributed by atoms with E-state index in [9.17, 15) is 0 Å². The fourth-order valence-corrected chi connectivity index (χ4v) is 3.08. The maximum Gasteiger partial charge on any atom is 0.00966 e. The Morgan fingerprint density at radius 1 is 1.25 bits per heavy atom. The summed E-state index contributed by atoms with van der Waals surface area (Å²) < 4.78 is 0. The molecule has 1 rings (SSSR count). The summed E-state index contributed by atoms with van der Waals surface area (Å²) in [7, 11) is 0. The summed E-state index contributed by atoms with van der Waals surface area (Å²) in [6.45, 7) is 12.3. The molecule has 1 N–H and O–H groups in total. The molecule has 0 amide bonds.